The second-order valence-corrected chi connectivity index (χ2v) is 7.45. The molecule has 0 aliphatic carbocycles. The van der Waals surface area contributed by atoms with E-state index in [1.165, 1.54) is 5.56 Å². The molecule has 2 aromatic carbocycles. The standard InChI is InChI=1S/C23H25IN2O3/c1-4-11-29-22-20(24)13-17(14-21(22)28-6-3)12-18(15-25)23(27)26-19-9-7-16(5-2)8-10-19/h7-10,12-14H,4-6,11H2,1-3H3,(H,26,27)/b18-12-. The third kappa shape index (κ3) is 6.50. The SMILES string of the molecule is CCCOc1c(I)cc(/C=C(/C#N)C(=O)Nc2ccc(CC)cc2)cc1OCC. The summed E-state index contributed by atoms with van der Waals surface area (Å²) < 4.78 is 12.4. The molecule has 1 amide bonds. The van der Waals surface area contributed by atoms with E-state index in [0.29, 0.717) is 36.0 Å². The second-order valence-electron chi connectivity index (χ2n) is 6.29. The lowest BCUT2D eigenvalue weighted by Crippen LogP contribution is -2.13. The molecule has 0 aliphatic rings. The van der Waals surface area contributed by atoms with Crippen LogP contribution in [0.2, 0.25) is 0 Å². The molecule has 2 rings (SSSR count). The third-order valence-corrected chi connectivity index (χ3v) is 4.88. The summed E-state index contributed by atoms with van der Waals surface area (Å²) in [4.78, 5) is 12.5. The van der Waals surface area contributed by atoms with Crippen LogP contribution in [0, 0.1) is 14.9 Å². The molecule has 5 nitrogen and oxygen atoms in total. The van der Waals surface area contributed by atoms with Gasteiger partial charge < -0.3 is 14.8 Å². The van der Waals surface area contributed by atoms with Crippen LogP contribution in [0.3, 0.4) is 0 Å². The van der Waals surface area contributed by atoms with Crippen LogP contribution in [0.15, 0.2) is 42.0 Å². The van der Waals surface area contributed by atoms with E-state index in [1.54, 1.807) is 12.1 Å². The van der Waals surface area contributed by atoms with Crippen LogP contribution >= 0.6 is 22.6 Å². The predicted molar refractivity (Wildman–Crippen MR) is 124 cm³/mol. The lowest BCUT2D eigenvalue weighted by molar-refractivity contribution is -0.112. The smallest absolute Gasteiger partial charge is 0.266 e. The molecule has 0 spiro atoms. The molecule has 0 aliphatic heterocycles. The Balaban J connectivity index is 2.28. The number of halogens is 1. The molecule has 0 heterocycles. The van der Waals surface area contributed by atoms with Gasteiger partial charge in [0.1, 0.15) is 11.6 Å². The van der Waals surface area contributed by atoms with E-state index in [2.05, 4.69) is 34.8 Å². The lowest BCUT2D eigenvalue weighted by atomic mass is 10.1. The highest BCUT2D eigenvalue weighted by molar-refractivity contribution is 14.1. The van der Waals surface area contributed by atoms with E-state index >= 15 is 0 Å². The number of carbonyl (C=O) groups excluding carboxylic acids is 1. The van der Waals surface area contributed by atoms with Gasteiger partial charge in [0.25, 0.3) is 5.91 Å². The quantitative estimate of drug-likeness (QED) is 0.275. The van der Waals surface area contributed by atoms with Gasteiger partial charge in [0.05, 0.1) is 16.8 Å². The minimum atomic E-state index is -0.448. The zero-order valence-corrected chi connectivity index (χ0v) is 19.1. The van der Waals surface area contributed by atoms with Gasteiger partial charge in [-0.2, -0.15) is 5.26 Å². The van der Waals surface area contributed by atoms with Crippen molar-refractivity contribution in [1.82, 2.24) is 0 Å². The summed E-state index contributed by atoms with van der Waals surface area (Å²) in [5, 5.41) is 12.3. The van der Waals surface area contributed by atoms with Crippen molar-refractivity contribution < 1.29 is 14.3 Å². The molecule has 0 fully saturated rings. The largest absolute Gasteiger partial charge is 0.490 e. The Morgan fingerprint density at radius 1 is 1.17 bits per heavy atom. The summed E-state index contributed by atoms with van der Waals surface area (Å²) in [7, 11) is 0. The van der Waals surface area contributed by atoms with Crippen LogP contribution in [0.1, 0.15) is 38.3 Å². The van der Waals surface area contributed by atoms with Gasteiger partial charge in [0.15, 0.2) is 11.5 Å². The molecule has 1 N–H and O–H groups in total. The van der Waals surface area contributed by atoms with Crippen molar-refractivity contribution in [3.63, 3.8) is 0 Å². The van der Waals surface area contributed by atoms with E-state index in [0.717, 1.165) is 16.4 Å². The monoisotopic (exact) mass is 504 g/mol. The molecular formula is C23H25IN2O3. The normalized spacial score (nSPS) is 10.9. The third-order valence-electron chi connectivity index (χ3n) is 4.08. The van der Waals surface area contributed by atoms with Gasteiger partial charge in [-0.15, -0.1) is 0 Å². The average Bonchev–Trinajstić information content (AvgIpc) is 2.72. The topological polar surface area (TPSA) is 71.3 Å². The first-order valence-electron chi connectivity index (χ1n) is 9.63. The summed E-state index contributed by atoms with van der Waals surface area (Å²) in [6.45, 7) is 7.09. The fraction of sp³-hybridized carbons (Fsp3) is 0.304. The maximum absolute atomic E-state index is 12.5. The Hall–Kier alpha value is -2.53. The van der Waals surface area contributed by atoms with Gasteiger partial charge in [-0.05, 0) is 83.8 Å². The van der Waals surface area contributed by atoms with Crippen molar-refractivity contribution >= 4 is 40.3 Å². The van der Waals surface area contributed by atoms with Crippen molar-refractivity contribution in [2.45, 2.75) is 33.6 Å². The number of nitrogens with zero attached hydrogens (tertiary/aromatic N) is 1. The molecule has 0 saturated heterocycles. The molecule has 152 valence electrons. The van der Waals surface area contributed by atoms with Gasteiger partial charge in [0.2, 0.25) is 0 Å². The number of benzene rings is 2. The molecule has 0 bridgehead atoms. The molecule has 2 aromatic rings. The minimum absolute atomic E-state index is 0.0186. The number of ether oxygens (including phenoxy) is 2. The highest BCUT2D eigenvalue weighted by Gasteiger charge is 2.14. The van der Waals surface area contributed by atoms with Gasteiger partial charge in [0, 0.05) is 5.69 Å². The van der Waals surface area contributed by atoms with Gasteiger partial charge >= 0.3 is 0 Å². The van der Waals surface area contributed by atoms with Crippen LogP contribution in [0.4, 0.5) is 5.69 Å². The zero-order valence-electron chi connectivity index (χ0n) is 16.9. The Labute approximate surface area is 185 Å². The Morgan fingerprint density at radius 2 is 1.90 bits per heavy atom. The van der Waals surface area contributed by atoms with Crippen molar-refractivity contribution in [1.29, 1.82) is 5.26 Å². The molecule has 0 aromatic heterocycles. The number of carbonyl (C=O) groups is 1. The summed E-state index contributed by atoms with van der Waals surface area (Å²) >= 11 is 2.17. The first kappa shape index (κ1) is 22.8. The summed E-state index contributed by atoms with van der Waals surface area (Å²) in [5.41, 5.74) is 2.56. The zero-order chi connectivity index (χ0) is 21.2. The molecule has 0 saturated carbocycles. The Kier molecular flexibility index (Phi) is 9.00. The predicted octanol–water partition coefficient (Wildman–Crippen LogP) is 5.59. The van der Waals surface area contributed by atoms with Gasteiger partial charge in [-0.3, -0.25) is 4.79 Å². The lowest BCUT2D eigenvalue weighted by Gasteiger charge is -2.14. The summed E-state index contributed by atoms with van der Waals surface area (Å²) in [5.74, 6) is 0.841. The summed E-state index contributed by atoms with van der Waals surface area (Å²) in [6.07, 6.45) is 3.38. The van der Waals surface area contributed by atoms with Crippen molar-refractivity contribution in [3.8, 4) is 17.6 Å². The van der Waals surface area contributed by atoms with E-state index in [9.17, 15) is 10.1 Å². The van der Waals surface area contributed by atoms with E-state index in [4.69, 9.17) is 9.47 Å². The van der Waals surface area contributed by atoms with Crippen LogP contribution in [0.25, 0.3) is 6.08 Å². The fourth-order valence-corrected chi connectivity index (χ4v) is 3.40. The number of aryl methyl sites for hydroxylation is 1. The van der Waals surface area contributed by atoms with Crippen LogP contribution in [-0.2, 0) is 11.2 Å². The minimum Gasteiger partial charge on any atom is -0.490 e. The Bertz CT molecular complexity index is 915. The maximum Gasteiger partial charge on any atom is 0.266 e. The molecule has 0 radical (unpaired) electrons. The number of anilines is 1. The average molecular weight is 504 g/mol. The highest BCUT2D eigenvalue weighted by atomic mass is 127. The van der Waals surface area contributed by atoms with Gasteiger partial charge in [-0.25, -0.2) is 0 Å². The molecule has 6 heteroatoms. The van der Waals surface area contributed by atoms with Gasteiger partial charge in [-0.1, -0.05) is 26.0 Å². The number of nitrogens with one attached hydrogen (secondary N) is 1. The second kappa shape index (κ2) is 11.5. The molecular weight excluding hydrogens is 479 g/mol. The van der Waals surface area contributed by atoms with Crippen LogP contribution in [0.5, 0.6) is 11.5 Å². The number of hydrogen-bond acceptors (Lipinski definition) is 4. The number of amides is 1. The maximum atomic E-state index is 12.5. The fourth-order valence-electron chi connectivity index (χ4n) is 2.62. The Morgan fingerprint density at radius 3 is 2.48 bits per heavy atom. The van der Waals surface area contributed by atoms with Crippen molar-refractivity contribution in [3.05, 3.63) is 56.7 Å². The van der Waals surface area contributed by atoms with E-state index in [1.807, 2.05) is 50.2 Å². The number of rotatable bonds is 9. The van der Waals surface area contributed by atoms with Crippen LogP contribution in [-0.4, -0.2) is 19.1 Å². The first-order valence-corrected chi connectivity index (χ1v) is 10.7. The van der Waals surface area contributed by atoms with E-state index in [-0.39, 0.29) is 5.57 Å². The van der Waals surface area contributed by atoms with Crippen molar-refractivity contribution in [2.24, 2.45) is 0 Å². The number of hydrogen-bond donors (Lipinski definition) is 1. The first-order chi connectivity index (χ1) is 14.0. The molecule has 29 heavy (non-hydrogen) atoms. The van der Waals surface area contributed by atoms with E-state index < -0.39 is 5.91 Å². The molecule has 0 unspecified atom stereocenters. The van der Waals surface area contributed by atoms with Crippen LogP contribution < -0.4 is 14.8 Å². The van der Waals surface area contributed by atoms with Crippen molar-refractivity contribution in [2.75, 3.05) is 18.5 Å². The highest BCUT2D eigenvalue weighted by Crippen LogP contribution is 2.35. The molecule has 0 atom stereocenters. The summed E-state index contributed by atoms with van der Waals surface area (Å²) in [6, 6.07) is 13.2. The number of nitriles is 1.